The number of aliphatic carboxylic acids is 1. The van der Waals surface area contributed by atoms with Gasteiger partial charge in [0.1, 0.15) is 0 Å². The van der Waals surface area contributed by atoms with E-state index in [1.165, 1.54) is 0 Å². The molecule has 0 aliphatic carbocycles. The number of amides is 1. The summed E-state index contributed by atoms with van der Waals surface area (Å²) in [6.45, 7) is 6.28. The highest BCUT2D eigenvalue weighted by Crippen LogP contribution is 2.31. The molecule has 5 nitrogen and oxygen atoms in total. The Labute approximate surface area is 114 Å². The molecule has 1 saturated heterocycles. The minimum absolute atomic E-state index is 0.0566. The van der Waals surface area contributed by atoms with Gasteiger partial charge in [0, 0.05) is 19.1 Å². The van der Waals surface area contributed by atoms with E-state index in [1.807, 2.05) is 20.8 Å². The molecule has 1 rings (SSSR count). The van der Waals surface area contributed by atoms with Crippen LogP contribution in [0.1, 0.15) is 52.9 Å². The summed E-state index contributed by atoms with van der Waals surface area (Å²) in [6, 6.07) is 0.108. The zero-order chi connectivity index (χ0) is 14.5. The van der Waals surface area contributed by atoms with E-state index >= 15 is 0 Å². The first-order chi connectivity index (χ1) is 8.93. The molecule has 5 heteroatoms. The van der Waals surface area contributed by atoms with Gasteiger partial charge in [-0.15, -0.1) is 0 Å². The molecule has 2 unspecified atom stereocenters. The summed E-state index contributed by atoms with van der Waals surface area (Å²) in [4.78, 5) is 23.4. The molecule has 1 heterocycles. The van der Waals surface area contributed by atoms with Gasteiger partial charge in [0.15, 0.2) is 0 Å². The molecule has 0 spiro atoms. The van der Waals surface area contributed by atoms with Crippen LogP contribution in [0.5, 0.6) is 0 Å². The van der Waals surface area contributed by atoms with E-state index in [2.05, 4.69) is 5.32 Å². The lowest BCUT2D eigenvalue weighted by Gasteiger charge is -2.30. The Morgan fingerprint density at radius 3 is 2.47 bits per heavy atom. The van der Waals surface area contributed by atoms with Crippen LogP contribution < -0.4 is 5.32 Å². The molecular formula is C14H25NO4. The topological polar surface area (TPSA) is 75.6 Å². The molecule has 1 amide bonds. The van der Waals surface area contributed by atoms with Crippen molar-refractivity contribution in [3.8, 4) is 0 Å². The monoisotopic (exact) mass is 271 g/mol. The minimum Gasteiger partial charge on any atom is -0.481 e. The Bertz CT molecular complexity index is 325. The Kier molecular flexibility index (Phi) is 5.79. The lowest BCUT2D eigenvalue weighted by atomic mass is 9.79. The van der Waals surface area contributed by atoms with Crippen LogP contribution in [0.15, 0.2) is 0 Å². The van der Waals surface area contributed by atoms with Gasteiger partial charge in [0.05, 0.1) is 11.5 Å². The lowest BCUT2D eigenvalue weighted by Crippen LogP contribution is -2.44. The minimum atomic E-state index is -0.930. The predicted octanol–water partition coefficient (Wildman–Crippen LogP) is 1.95. The van der Waals surface area contributed by atoms with Gasteiger partial charge in [0.2, 0.25) is 5.91 Å². The molecule has 0 aromatic heterocycles. The highest BCUT2D eigenvalue weighted by molar-refractivity contribution is 5.85. The maximum atomic E-state index is 12.0. The smallest absolute Gasteiger partial charge is 0.310 e. The quantitative estimate of drug-likeness (QED) is 0.774. The van der Waals surface area contributed by atoms with Crippen LogP contribution in [-0.4, -0.2) is 35.7 Å². The van der Waals surface area contributed by atoms with E-state index in [4.69, 9.17) is 4.74 Å². The van der Waals surface area contributed by atoms with E-state index < -0.39 is 11.4 Å². The first kappa shape index (κ1) is 16.0. The summed E-state index contributed by atoms with van der Waals surface area (Å²) < 4.78 is 5.43. The summed E-state index contributed by atoms with van der Waals surface area (Å²) in [5, 5.41) is 12.3. The normalized spacial score (nSPS) is 23.9. The SMILES string of the molecule is CCC(CC)(CC(=O)NC1CCOC(C)C1)C(=O)O. The maximum Gasteiger partial charge on any atom is 0.310 e. The maximum absolute atomic E-state index is 12.0. The summed E-state index contributed by atoms with van der Waals surface area (Å²) in [5.74, 6) is -1.04. The lowest BCUT2D eigenvalue weighted by molar-refractivity contribution is -0.152. The highest BCUT2D eigenvalue weighted by atomic mass is 16.5. The fraction of sp³-hybridized carbons (Fsp3) is 0.857. The van der Waals surface area contributed by atoms with Crippen LogP contribution in [-0.2, 0) is 14.3 Å². The van der Waals surface area contributed by atoms with Crippen molar-refractivity contribution in [3.05, 3.63) is 0 Å². The van der Waals surface area contributed by atoms with Crippen molar-refractivity contribution in [2.24, 2.45) is 5.41 Å². The van der Waals surface area contributed by atoms with Gasteiger partial charge >= 0.3 is 5.97 Å². The third kappa shape index (κ3) is 4.20. The van der Waals surface area contributed by atoms with E-state index in [1.54, 1.807) is 0 Å². The zero-order valence-corrected chi connectivity index (χ0v) is 12.1. The van der Waals surface area contributed by atoms with Crippen molar-refractivity contribution in [2.45, 2.75) is 65.0 Å². The number of carboxylic acids is 1. The summed E-state index contributed by atoms with van der Waals surface area (Å²) >= 11 is 0. The van der Waals surface area contributed by atoms with Crippen LogP contribution in [0.25, 0.3) is 0 Å². The number of hydrogen-bond acceptors (Lipinski definition) is 3. The van der Waals surface area contributed by atoms with Crippen molar-refractivity contribution < 1.29 is 19.4 Å². The molecule has 0 saturated carbocycles. The number of carbonyl (C=O) groups is 2. The van der Waals surface area contributed by atoms with Gasteiger partial charge in [-0.1, -0.05) is 13.8 Å². The standard InChI is InChI=1S/C14H25NO4/c1-4-14(5-2,13(17)18)9-12(16)15-11-6-7-19-10(3)8-11/h10-11H,4-9H2,1-3H3,(H,15,16)(H,17,18). The molecule has 2 N–H and O–H groups in total. The van der Waals surface area contributed by atoms with Crippen LogP contribution in [0, 0.1) is 5.41 Å². The third-order valence-electron chi connectivity index (χ3n) is 4.16. The van der Waals surface area contributed by atoms with Crippen LogP contribution in [0.3, 0.4) is 0 Å². The highest BCUT2D eigenvalue weighted by Gasteiger charge is 2.37. The number of carbonyl (C=O) groups excluding carboxylic acids is 1. The molecule has 0 radical (unpaired) electrons. The van der Waals surface area contributed by atoms with Crippen LogP contribution >= 0.6 is 0 Å². The number of hydrogen-bond donors (Lipinski definition) is 2. The number of nitrogens with one attached hydrogen (secondary N) is 1. The zero-order valence-electron chi connectivity index (χ0n) is 12.1. The molecule has 110 valence electrons. The molecule has 2 atom stereocenters. The molecule has 1 aliphatic rings. The first-order valence-electron chi connectivity index (χ1n) is 7.08. The van der Waals surface area contributed by atoms with Crippen molar-refractivity contribution in [2.75, 3.05) is 6.61 Å². The van der Waals surface area contributed by atoms with Gasteiger partial charge in [0.25, 0.3) is 0 Å². The first-order valence-corrected chi connectivity index (χ1v) is 7.08. The number of carboxylic acid groups (broad SMARTS) is 1. The molecule has 19 heavy (non-hydrogen) atoms. The fourth-order valence-electron chi connectivity index (χ4n) is 2.59. The molecule has 0 aromatic carbocycles. The second-order valence-corrected chi connectivity index (χ2v) is 5.44. The van der Waals surface area contributed by atoms with Crippen molar-refractivity contribution in [1.82, 2.24) is 5.32 Å². The summed E-state index contributed by atoms with van der Waals surface area (Å²) in [6.07, 6.45) is 2.74. The molecule has 0 aromatic rings. The second-order valence-electron chi connectivity index (χ2n) is 5.44. The van der Waals surface area contributed by atoms with Crippen LogP contribution in [0.4, 0.5) is 0 Å². The van der Waals surface area contributed by atoms with Gasteiger partial charge in [-0.25, -0.2) is 0 Å². The van der Waals surface area contributed by atoms with Crippen molar-refractivity contribution in [3.63, 3.8) is 0 Å². The van der Waals surface area contributed by atoms with Gasteiger partial charge in [-0.05, 0) is 32.6 Å². The molecule has 1 fully saturated rings. The van der Waals surface area contributed by atoms with Gasteiger partial charge in [-0.2, -0.15) is 0 Å². The van der Waals surface area contributed by atoms with Gasteiger partial charge < -0.3 is 15.2 Å². The van der Waals surface area contributed by atoms with Crippen LogP contribution in [0.2, 0.25) is 0 Å². The van der Waals surface area contributed by atoms with Gasteiger partial charge in [-0.3, -0.25) is 9.59 Å². The molecule has 1 aliphatic heterocycles. The molecular weight excluding hydrogens is 246 g/mol. The average molecular weight is 271 g/mol. The Balaban J connectivity index is 2.55. The Hall–Kier alpha value is -1.10. The average Bonchev–Trinajstić information content (AvgIpc) is 2.35. The Morgan fingerprint density at radius 2 is 2.00 bits per heavy atom. The number of ether oxygens (including phenoxy) is 1. The summed E-state index contributed by atoms with van der Waals surface area (Å²) in [7, 11) is 0. The van der Waals surface area contributed by atoms with E-state index in [-0.39, 0.29) is 24.5 Å². The third-order valence-corrected chi connectivity index (χ3v) is 4.16. The summed E-state index contributed by atoms with van der Waals surface area (Å²) in [5.41, 5.74) is -0.930. The largest absolute Gasteiger partial charge is 0.481 e. The van der Waals surface area contributed by atoms with Crippen molar-refractivity contribution >= 4 is 11.9 Å². The van der Waals surface area contributed by atoms with Crippen molar-refractivity contribution in [1.29, 1.82) is 0 Å². The van der Waals surface area contributed by atoms with E-state index in [0.29, 0.717) is 19.4 Å². The fourth-order valence-corrected chi connectivity index (χ4v) is 2.59. The number of rotatable bonds is 6. The second kappa shape index (κ2) is 6.89. The molecule has 0 bridgehead atoms. The van der Waals surface area contributed by atoms with E-state index in [9.17, 15) is 14.7 Å². The van der Waals surface area contributed by atoms with E-state index in [0.717, 1.165) is 12.8 Å². The Morgan fingerprint density at radius 1 is 1.37 bits per heavy atom. The predicted molar refractivity (Wildman–Crippen MR) is 71.8 cm³/mol.